The van der Waals surface area contributed by atoms with Crippen LogP contribution in [0.3, 0.4) is 0 Å². The SMILES string of the molecule is O=C([C@@H]1C[C@H]1c1ccc(Br)cc1)N1CCCCC1. The van der Waals surface area contributed by atoms with Crippen molar-refractivity contribution in [1.82, 2.24) is 4.90 Å². The van der Waals surface area contributed by atoms with Crippen LogP contribution in [0.2, 0.25) is 0 Å². The summed E-state index contributed by atoms with van der Waals surface area (Å²) in [5.41, 5.74) is 1.31. The molecule has 18 heavy (non-hydrogen) atoms. The maximum Gasteiger partial charge on any atom is 0.226 e. The standard InChI is InChI=1S/C15H18BrNO/c16-12-6-4-11(5-7-12)13-10-14(13)15(18)17-8-2-1-3-9-17/h4-7,13-14H,1-3,8-10H2/t13-,14+/m0/s1. The second-order valence-electron chi connectivity index (χ2n) is 5.39. The van der Waals surface area contributed by atoms with Crippen molar-refractivity contribution in [3.63, 3.8) is 0 Å². The van der Waals surface area contributed by atoms with E-state index in [1.54, 1.807) is 0 Å². The quantitative estimate of drug-likeness (QED) is 0.818. The van der Waals surface area contributed by atoms with Crippen LogP contribution in [0.5, 0.6) is 0 Å². The average molecular weight is 308 g/mol. The van der Waals surface area contributed by atoms with Gasteiger partial charge in [0.25, 0.3) is 0 Å². The molecular weight excluding hydrogens is 290 g/mol. The minimum absolute atomic E-state index is 0.254. The van der Waals surface area contributed by atoms with E-state index in [2.05, 4.69) is 45.1 Å². The summed E-state index contributed by atoms with van der Waals surface area (Å²) in [4.78, 5) is 14.4. The molecule has 2 aliphatic rings. The van der Waals surface area contributed by atoms with Gasteiger partial charge in [0.2, 0.25) is 5.91 Å². The monoisotopic (exact) mass is 307 g/mol. The maximum absolute atomic E-state index is 12.3. The van der Waals surface area contributed by atoms with Crippen LogP contribution in [0.4, 0.5) is 0 Å². The van der Waals surface area contributed by atoms with Crippen LogP contribution in [0.1, 0.15) is 37.2 Å². The van der Waals surface area contributed by atoms with Gasteiger partial charge in [-0.1, -0.05) is 28.1 Å². The number of halogens is 1. The minimum Gasteiger partial charge on any atom is -0.342 e. The molecule has 1 saturated heterocycles. The number of hydrogen-bond acceptors (Lipinski definition) is 1. The maximum atomic E-state index is 12.3. The summed E-state index contributed by atoms with van der Waals surface area (Å²) < 4.78 is 1.10. The number of amides is 1. The van der Waals surface area contributed by atoms with Gasteiger partial charge in [-0.2, -0.15) is 0 Å². The number of carbonyl (C=O) groups is 1. The van der Waals surface area contributed by atoms with Gasteiger partial charge in [-0.05, 0) is 49.3 Å². The topological polar surface area (TPSA) is 20.3 Å². The van der Waals surface area contributed by atoms with Crippen molar-refractivity contribution in [2.45, 2.75) is 31.6 Å². The molecule has 1 aliphatic carbocycles. The van der Waals surface area contributed by atoms with Crippen molar-refractivity contribution in [3.05, 3.63) is 34.3 Å². The van der Waals surface area contributed by atoms with Crippen LogP contribution in [0.25, 0.3) is 0 Å². The van der Waals surface area contributed by atoms with Crippen molar-refractivity contribution in [1.29, 1.82) is 0 Å². The van der Waals surface area contributed by atoms with Gasteiger partial charge in [-0.25, -0.2) is 0 Å². The lowest BCUT2D eigenvalue weighted by Crippen LogP contribution is -2.36. The molecule has 2 fully saturated rings. The highest BCUT2D eigenvalue weighted by Gasteiger charge is 2.45. The van der Waals surface area contributed by atoms with E-state index in [0.29, 0.717) is 11.8 Å². The first kappa shape index (κ1) is 12.2. The van der Waals surface area contributed by atoms with E-state index in [4.69, 9.17) is 0 Å². The molecule has 1 saturated carbocycles. The molecule has 0 bridgehead atoms. The van der Waals surface area contributed by atoms with E-state index < -0.39 is 0 Å². The highest BCUT2D eigenvalue weighted by Crippen LogP contribution is 2.48. The molecule has 0 spiro atoms. The molecule has 3 rings (SSSR count). The lowest BCUT2D eigenvalue weighted by Gasteiger charge is -2.26. The van der Waals surface area contributed by atoms with E-state index in [1.807, 2.05) is 0 Å². The first-order chi connectivity index (χ1) is 8.75. The Kier molecular flexibility index (Phi) is 3.42. The summed E-state index contributed by atoms with van der Waals surface area (Å²) in [6.07, 6.45) is 4.68. The predicted octanol–water partition coefficient (Wildman–Crippen LogP) is 3.57. The van der Waals surface area contributed by atoms with Gasteiger partial charge < -0.3 is 4.90 Å². The van der Waals surface area contributed by atoms with Crippen molar-refractivity contribution >= 4 is 21.8 Å². The Bertz CT molecular complexity index is 436. The van der Waals surface area contributed by atoms with Crippen LogP contribution in [0.15, 0.2) is 28.7 Å². The van der Waals surface area contributed by atoms with Crippen molar-refractivity contribution < 1.29 is 4.79 Å². The van der Waals surface area contributed by atoms with E-state index in [9.17, 15) is 4.79 Å². The molecule has 0 N–H and O–H groups in total. The lowest BCUT2D eigenvalue weighted by atomic mass is 10.1. The van der Waals surface area contributed by atoms with Crippen LogP contribution in [-0.2, 0) is 4.79 Å². The predicted molar refractivity (Wildman–Crippen MR) is 75.4 cm³/mol. The molecule has 2 atom stereocenters. The van der Waals surface area contributed by atoms with E-state index in [-0.39, 0.29) is 5.92 Å². The summed E-state index contributed by atoms with van der Waals surface area (Å²) in [5.74, 6) is 1.11. The third kappa shape index (κ3) is 2.46. The van der Waals surface area contributed by atoms with Gasteiger partial charge in [0.15, 0.2) is 0 Å². The highest BCUT2D eigenvalue weighted by molar-refractivity contribution is 9.10. The second-order valence-corrected chi connectivity index (χ2v) is 6.30. The number of piperidine rings is 1. The largest absolute Gasteiger partial charge is 0.342 e. The molecule has 0 aromatic heterocycles. The summed E-state index contributed by atoms with van der Waals surface area (Å²) in [7, 11) is 0. The van der Waals surface area contributed by atoms with Gasteiger partial charge in [-0.15, -0.1) is 0 Å². The Morgan fingerprint density at radius 2 is 1.78 bits per heavy atom. The number of rotatable bonds is 2. The molecule has 3 heteroatoms. The molecular formula is C15H18BrNO. The lowest BCUT2D eigenvalue weighted by molar-refractivity contribution is -0.133. The molecule has 0 unspecified atom stereocenters. The zero-order chi connectivity index (χ0) is 12.5. The van der Waals surface area contributed by atoms with E-state index in [1.165, 1.54) is 24.8 Å². The van der Waals surface area contributed by atoms with Crippen molar-refractivity contribution in [2.75, 3.05) is 13.1 Å². The fraction of sp³-hybridized carbons (Fsp3) is 0.533. The van der Waals surface area contributed by atoms with Crippen molar-refractivity contribution in [2.24, 2.45) is 5.92 Å². The van der Waals surface area contributed by atoms with Gasteiger partial charge in [0.05, 0.1) is 0 Å². The fourth-order valence-corrected chi connectivity index (χ4v) is 3.16. The molecule has 1 aromatic rings. The number of carbonyl (C=O) groups excluding carboxylic acids is 1. The minimum atomic E-state index is 0.254. The van der Waals surface area contributed by atoms with Crippen LogP contribution >= 0.6 is 15.9 Å². The van der Waals surface area contributed by atoms with Crippen molar-refractivity contribution in [3.8, 4) is 0 Å². The van der Waals surface area contributed by atoms with Crippen LogP contribution < -0.4 is 0 Å². The molecule has 1 amide bonds. The number of hydrogen-bond donors (Lipinski definition) is 0. The van der Waals surface area contributed by atoms with Gasteiger partial charge in [-0.3, -0.25) is 4.79 Å². The normalized spacial score (nSPS) is 27.1. The molecule has 1 aliphatic heterocycles. The number of likely N-dealkylation sites (tertiary alicyclic amines) is 1. The van der Waals surface area contributed by atoms with Crippen LogP contribution in [-0.4, -0.2) is 23.9 Å². The molecule has 0 radical (unpaired) electrons. The average Bonchev–Trinajstić information content (AvgIpc) is 3.20. The van der Waals surface area contributed by atoms with Gasteiger partial charge in [0.1, 0.15) is 0 Å². The zero-order valence-corrected chi connectivity index (χ0v) is 12.0. The van der Waals surface area contributed by atoms with E-state index in [0.717, 1.165) is 24.0 Å². The fourth-order valence-electron chi connectivity index (χ4n) is 2.90. The molecule has 96 valence electrons. The Balaban J connectivity index is 1.63. The number of nitrogens with zero attached hydrogens (tertiary/aromatic N) is 1. The molecule has 2 nitrogen and oxygen atoms in total. The Morgan fingerprint density at radius 1 is 1.11 bits per heavy atom. The summed E-state index contributed by atoms with van der Waals surface area (Å²) in [6.45, 7) is 1.95. The summed E-state index contributed by atoms with van der Waals surface area (Å²) in [6, 6.07) is 8.41. The Labute approximate surface area is 116 Å². The molecule has 1 aromatic carbocycles. The van der Waals surface area contributed by atoms with Gasteiger partial charge in [0, 0.05) is 23.5 Å². The Hall–Kier alpha value is -0.830. The zero-order valence-electron chi connectivity index (χ0n) is 10.4. The summed E-state index contributed by atoms with van der Waals surface area (Å²) >= 11 is 3.45. The number of benzene rings is 1. The second kappa shape index (κ2) is 5.04. The van der Waals surface area contributed by atoms with E-state index >= 15 is 0 Å². The third-order valence-corrected chi connectivity index (χ3v) is 4.60. The first-order valence-corrected chi connectivity index (χ1v) is 7.59. The molecule has 1 heterocycles. The summed E-state index contributed by atoms with van der Waals surface area (Å²) in [5, 5.41) is 0. The third-order valence-electron chi connectivity index (χ3n) is 4.07. The van der Waals surface area contributed by atoms with Gasteiger partial charge >= 0.3 is 0 Å². The van der Waals surface area contributed by atoms with Crippen LogP contribution in [0, 0.1) is 5.92 Å². The Morgan fingerprint density at radius 3 is 2.44 bits per heavy atom. The first-order valence-electron chi connectivity index (χ1n) is 6.80. The smallest absolute Gasteiger partial charge is 0.226 e. The highest BCUT2D eigenvalue weighted by atomic mass is 79.9.